The summed E-state index contributed by atoms with van der Waals surface area (Å²) < 4.78 is 13.2. The molecule has 6 heteroatoms. The molecule has 0 fully saturated rings. The molecule has 2 amide bonds. The molecule has 0 bridgehead atoms. The van der Waals surface area contributed by atoms with Gasteiger partial charge in [-0.15, -0.1) is 0 Å². The summed E-state index contributed by atoms with van der Waals surface area (Å²) in [7, 11) is 0. The van der Waals surface area contributed by atoms with Crippen LogP contribution in [0.2, 0.25) is 0 Å². The summed E-state index contributed by atoms with van der Waals surface area (Å²) in [6, 6.07) is 14.8. The average Bonchev–Trinajstić information content (AvgIpc) is 2.70. The van der Waals surface area contributed by atoms with Gasteiger partial charge in [-0.25, -0.2) is 4.39 Å². The van der Waals surface area contributed by atoms with Gasteiger partial charge in [-0.1, -0.05) is 19.1 Å². The number of aryl methyl sites for hydroxylation is 1. The van der Waals surface area contributed by atoms with Crippen molar-refractivity contribution in [2.24, 2.45) is 0 Å². The van der Waals surface area contributed by atoms with Gasteiger partial charge in [-0.05, 0) is 55.0 Å². The smallest absolute Gasteiger partial charge is 0.255 e. The summed E-state index contributed by atoms with van der Waals surface area (Å²) in [5, 5.41) is 5.53. The third-order valence-corrected chi connectivity index (χ3v) is 4.25. The number of nitrogens with one attached hydrogen (secondary N) is 2. The van der Waals surface area contributed by atoms with Gasteiger partial charge in [0.1, 0.15) is 5.82 Å². The molecule has 3 rings (SSSR count). The fraction of sp³-hybridized carbons (Fsp3) is 0.136. The average molecular weight is 377 g/mol. The number of carbonyl (C=O) groups excluding carboxylic acids is 2. The maximum Gasteiger partial charge on any atom is 0.255 e. The number of halogens is 1. The lowest BCUT2D eigenvalue weighted by molar-refractivity contribution is -0.115. The molecule has 2 aromatic carbocycles. The highest BCUT2D eigenvalue weighted by atomic mass is 19.1. The maximum atomic E-state index is 13.2. The molecule has 0 aliphatic rings. The number of benzene rings is 2. The Morgan fingerprint density at radius 3 is 2.36 bits per heavy atom. The second kappa shape index (κ2) is 8.43. The third kappa shape index (κ3) is 4.59. The molecule has 2 N–H and O–H groups in total. The van der Waals surface area contributed by atoms with Gasteiger partial charge in [-0.3, -0.25) is 14.6 Å². The second-order valence-corrected chi connectivity index (χ2v) is 6.32. The van der Waals surface area contributed by atoms with Crippen molar-refractivity contribution in [3.05, 3.63) is 77.7 Å². The zero-order chi connectivity index (χ0) is 20.1. The van der Waals surface area contributed by atoms with Crippen molar-refractivity contribution in [2.45, 2.75) is 20.3 Å². The van der Waals surface area contributed by atoms with Crippen molar-refractivity contribution < 1.29 is 14.0 Å². The molecule has 28 heavy (non-hydrogen) atoms. The van der Waals surface area contributed by atoms with E-state index in [4.69, 9.17) is 0 Å². The summed E-state index contributed by atoms with van der Waals surface area (Å²) in [4.78, 5) is 28.2. The Bertz CT molecular complexity index is 999. The summed E-state index contributed by atoms with van der Waals surface area (Å²) in [6.07, 6.45) is 2.00. The van der Waals surface area contributed by atoms with Crippen molar-refractivity contribution >= 4 is 23.2 Å². The van der Waals surface area contributed by atoms with Crippen LogP contribution in [0.1, 0.15) is 29.3 Å². The number of hydrogen-bond acceptors (Lipinski definition) is 3. The van der Waals surface area contributed by atoms with E-state index >= 15 is 0 Å². The van der Waals surface area contributed by atoms with Crippen LogP contribution in [0.25, 0.3) is 11.3 Å². The number of pyridine rings is 1. The van der Waals surface area contributed by atoms with E-state index in [1.807, 2.05) is 6.07 Å². The van der Waals surface area contributed by atoms with Gasteiger partial charge in [-0.2, -0.15) is 0 Å². The van der Waals surface area contributed by atoms with Crippen LogP contribution < -0.4 is 10.6 Å². The van der Waals surface area contributed by atoms with Crippen LogP contribution in [-0.4, -0.2) is 16.8 Å². The summed E-state index contributed by atoms with van der Waals surface area (Å²) >= 11 is 0. The van der Waals surface area contributed by atoms with E-state index in [2.05, 4.69) is 15.6 Å². The first kappa shape index (κ1) is 19.2. The molecule has 142 valence electrons. The van der Waals surface area contributed by atoms with Gasteiger partial charge in [0.25, 0.3) is 5.91 Å². The van der Waals surface area contributed by atoms with E-state index in [1.54, 1.807) is 56.4 Å². The maximum absolute atomic E-state index is 13.2. The van der Waals surface area contributed by atoms with E-state index in [0.717, 1.165) is 11.3 Å². The van der Waals surface area contributed by atoms with Crippen molar-refractivity contribution in [1.82, 2.24) is 4.98 Å². The first-order chi connectivity index (χ1) is 13.5. The highest BCUT2D eigenvalue weighted by Gasteiger charge is 2.09. The van der Waals surface area contributed by atoms with E-state index in [-0.39, 0.29) is 17.6 Å². The van der Waals surface area contributed by atoms with Gasteiger partial charge in [0.05, 0.1) is 17.6 Å². The van der Waals surface area contributed by atoms with Gasteiger partial charge < -0.3 is 10.6 Å². The molecule has 0 aliphatic carbocycles. The Kier molecular flexibility index (Phi) is 5.79. The first-order valence-corrected chi connectivity index (χ1v) is 8.90. The summed E-state index contributed by atoms with van der Waals surface area (Å²) in [5.74, 6) is -0.680. The Labute approximate surface area is 162 Å². The van der Waals surface area contributed by atoms with E-state index in [0.29, 0.717) is 28.9 Å². The minimum atomic E-state index is -0.340. The van der Waals surface area contributed by atoms with Gasteiger partial charge in [0.15, 0.2) is 0 Å². The fourth-order valence-electron chi connectivity index (χ4n) is 2.64. The molecule has 0 radical (unpaired) electrons. The number of hydrogen-bond donors (Lipinski definition) is 2. The molecule has 0 saturated carbocycles. The molecule has 5 nitrogen and oxygen atoms in total. The lowest BCUT2D eigenvalue weighted by Gasteiger charge is -2.09. The number of amides is 2. The van der Waals surface area contributed by atoms with Crippen LogP contribution in [0.4, 0.5) is 15.8 Å². The largest absolute Gasteiger partial charge is 0.325 e. The van der Waals surface area contributed by atoms with Crippen molar-refractivity contribution in [2.75, 3.05) is 10.6 Å². The standard InChI is InChI=1S/C22H20FN3O2/c1-3-21(27)25-18-9-11-20(24-13-18)15-4-6-16(7-5-15)22(28)26-19-10-8-17(23)12-14(19)2/h4-13H,3H2,1-2H3,(H,25,27)(H,26,28). The highest BCUT2D eigenvalue weighted by molar-refractivity contribution is 6.04. The molecule has 0 atom stereocenters. The van der Waals surface area contributed by atoms with Crippen LogP contribution in [0, 0.1) is 12.7 Å². The predicted octanol–water partition coefficient (Wildman–Crippen LogP) is 4.80. The van der Waals surface area contributed by atoms with Crippen LogP contribution in [0.15, 0.2) is 60.8 Å². The van der Waals surface area contributed by atoms with Crippen molar-refractivity contribution in [1.29, 1.82) is 0 Å². The van der Waals surface area contributed by atoms with Crippen molar-refractivity contribution in [3.8, 4) is 11.3 Å². The highest BCUT2D eigenvalue weighted by Crippen LogP contribution is 2.21. The number of nitrogens with zero attached hydrogens (tertiary/aromatic N) is 1. The summed E-state index contributed by atoms with van der Waals surface area (Å²) in [6.45, 7) is 3.52. The molecule has 0 aliphatic heterocycles. The topological polar surface area (TPSA) is 71.1 Å². The molecule has 1 aromatic heterocycles. The monoisotopic (exact) mass is 377 g/mol. The fourth-order valence-corrected chi connectivity index (χ4v) is 2.64. The lowest BCUT2D eigenvalue weighted by Crippen LogP contribution is -2.12. The molecule has 1 heterocycles. The van der Waals surface area contributed by atoms with E-state index in [1.165, 1.54) is 12.1 Å². The molecular weight excluding hydrogens is 357 g/mol. The van der Waals surface area contributed by atoms with E-state index < -0.39 is 0 Å². The Morgan fingerprint density at radius 1 is 1.00 bits per heavy atom. The van der Waals surface area contributed by atoms with Crippen LogP contribution in [0.5, 0.6) is 0 Å². The second-order valence-electron chi connectivity index (χ2n) is 6.32. The number of rotatable bonds is 5. The number of carbonyl (C=O) groups is 2. The number of anilines is 2. The minimum Gasteiger partial charge on any atom is -0.325 e. The van der Waals surface area contributed by atoms with Crippen LogP contribution >= 0.6 is 0 Å². The zero-order valence-corrected chi connectivity index (χ0v) is 15.6. The van der Waals surface area contributed by atoms with Crippen LogP contribution in [-0.2, 0) is 4.79 Å². The Morgan fingerprint density at radius 2 is 1.75 bits per heavy atom. The van der Waals surface area contributed by atoms with Crippen LogP contribution in [0.3, 0.4) is 0 Å². The quantitative estimate of drug-likeness (QED) is 0.671. The van der Waals surface area contributed by atoms with E-state index in [9.17, 15) is 14.0 Å². The Hall–Kier alpha value is -3.54. The minimum absolute atomic E-state index is 0.0682. The normalized spacial score (nSPS) is 10.4. The Balaban J connectivity index is 1.70. The molecule has 0 unspecified atom stereocenters. The van der Waals surface area contributed by atoms with Crippen molar-refractivity contribution in [3.63, 3.8) is 0 Å². The zero-order valence-electron chi connectivity index (χ0n) is 15.6. The lowest BCUT2D eigenvalue weighted by atomic mass is 10.1. The van der Waals surface area contributed by atoms with Gasteiger partial charge in [0, 0.05) is 23.2 Å². The summed E-state index contributed by atoms with van der Waals surface area (Å²) in [5.41, 5.74) is 3.94. The molecule has 3 aromatic rings. The van der Waals surface area contributed by atoms with Gasteiger partial charge >= 0.3 is 0 Å². The SMILES string of the molecule is CCC(=O)Nc1ccc(-c2ccc(C(=O)Nc3ccc(F)cc3C)cc2)nc1. The number of aromatic nitrogens is 1. The molecular formula is C22H20FN3O2. The molecule has 0 saturated heterocycles. The predicted molar refractivity (Wildman–Crippen MR) is 108 cm³/mol. The molecule has 0 spiro atoms. The third-order valence-electron chi connectivity index (χ3n) is 4.25. The first-order valence-electron chi connectivity index (χ1n) is 8.90. The van der Waals surface area contributed by atoms with Gasteiger partial charge in [0.2, 0.25) is 5.91 Å².